The molecule has 0 saturated heterocycles. The first-order valence-corrected chi connectivity index (χ1v) is 12.9. The summed E-state index contributed by atoms with van der Waals surface area (Å²) < 4.78 is 46.6. The first kappa shape index (κ1) is 25.7. The Morgan fingerprint density at radius 2 is 1.94 bits per heavy atom. The summed E-state index contributed by atoms with van der Waals surface area (Å²) in [6.45, 7) is 3.53. The van der Waals surface area contributed by atoms with Gasteiger partial charge in [0.05, 0.1) is 34.5 Å². The number of benzene rings is 2. The van der Waals surface area contributed by atoms with Crippen LogP contribution in [0.15, 0.2) is 45.7 Å². The van der Waals surface area contributed by atoms with Crippen LogP contribution in [-0.2, 0) is 21.2 Å². The van der Waals surface area contributed by atoms with Gasteiger partial charge in [0.2, 0.25) is 5.91 Å². The largest absolute Gasteiger partial charge is 0.412 e. The fraction of sp³-hybridized carbons (Fsp3) is 0.304. The Hall–Kier alpha value is -3.35. The molecule has 3 aromatic rings. The minimum Gasteiger partial charge on any atom is -0.412 e. The summed E-state index contributed by atoms with van der Waals surface area (Å²) in [5, 5.41) is 7.97. The second-order valence-electron chi connectivity index (χ2n) is 8.66. The Labute approximate surface area is 211 Å². The molecule has 2 aromatic carbocycles. The molecule has 36 heavy (non-hydrogen) atoms. The molecule has 0 radical (unpaired) electrons. The van der Waals surface area contributed by atoms with Crippen molar-refractivity contribution in [3.05, 3.63) is 58.7 Å². The lowest BCUT2D eigenvalue weighted by Crippen LogP contribution is -2.45. The van der Waals surface area contributed by atoms with E-state index in [1.807, 2.05) is 0 Å². The zero-order valence-corrected chi connectivity index (χ0v) is 21.2. The molecule has 4 rings (SSSR count). The molecule has 10 nitrogen and oxygen atoms in total. The molecule has 1 aliphatic heterocycles. The van der Waals surface area contributed by atoms with Crippen LogP contribution < -0.4 is 10.6 Å². The Morgan fingerprint density at radius 1 is 1.28 bits per heavy atom. The highest BCUT2D eigenvalue weighted by Gasteiger charge is 2.37. The van der Waals surface area contributed by atoms with Gasteiger partial charge in [0, 0.05) is 18.1 Å². The summed E-state index contributed by atoms with van der Waals surface area (Å²) >= 11 is 5.95. The van der Waals surface area contributed by atoms with Gasteiger partial charge < -0.3 is 20.0 Å². The van der Waals surface area contributed by atoms with Gasteiger partial charge in [0.15, 0.2) is 9.84 Å². The zero-order valence-electron chi connectivity index (χ0n) is 19.6. The highest BCUT2D eigenvalue weighted by Crippen LogP contribution is 2.37. The number of amides is 2. The summed E-state index contributed by atoms with van der Waals surface area (Å²) in [4.78, 5) is 27.8. The number of sulfone groups is 1. The molecule has 13 heteroatoms. The van der Waals surface area contributed by atoms with Crippen molar-refractivity contribution in [2.45, 2.75) is 37.4 Å². The first-order chi connectivity index (χ1) is 16.9. The molecular formula is C23H23ClFN5O5S. The topological polar surface area (TPSA) is 140 Å². The van der Waals surface area contributed by atoms with Crippen molar-refractivity contribution in [1.29, 1.82) is 0 Å². The molecular weight excluding hydrogens is 513 g/mol. The van der Waals surface area contributed by atoms with E-state index in [0.29, 0.717) is 10.6 Å². The van der Waals surface area contributed by atoms with Crippen molar-refractivity contribution in [1.82, 2.24) is 15.1 Å². The van der Waals surface area contributed by atoms with E-state index in [2.05, 4.69) is 10.2 Å². The highest BCUT2D eigenvalue weighted by molar-refractivity contribution is 7.91. The van der Waals surface area contributed by atoms with Gasteiger partial charge in [0.25, 0.3) is 5.89 Å². The molecule has 0 aliphatic carbocycles. The minimum atomic E-state index is -4.12. The van der Waals surface area contributed by atoms with Crippen molar-refractivity contribution in [3.63, 3.8) is 0 Å². The predicted octanol–water partition coefficient (Wildman–Crippen LogP) is 2.66. The molecule has 1 atom stereocenters. The number of halogens is 2. The van der Waals surface area contributed by atoms with Gasteiger partial charge >= 0.3 is 11.8 Å². The van der Waals surface area contributed by atoms with Gasteiger partial charge in [-0.25, -0.2) is 12.8 Å². The summed E-state index contributed by atoms with van der Waals surface area (Å²) in [6.07, 6.45) is 0. The van der Waals surface area contributed by atoms with Gasteiger partial charge in [-0.3, -0.25) is 9.59 Å². The lowest BCUT2D eigenvalue weighted by molar-refractivity contribution is -0.119. The van der Waals surface area contributed by atoms with Crippen LogP contribution in [0.5, 0.6) is 0 Å². The monoisotopic (exact) mass is 535 g/mol. The number of carbonyl (C=O) groups excluding carboxylic acids is 2. The van der Waals surface area contributed by atoms with E-state index in [-0.39, 0.29) is 35.6 Å². The van der Waals surface area contributed by atoms with Crippen LogP contribution in [0.1, 0.15) is 30.1 Å². The quantitative estimate of drug-likeness (QED) is 0.526. The highest BCUT2D eigenvalue weighted by atomic mass is 35.5. The van der Waals surface area contributed by atoms with E-state index in [1.165, 1.54) is 9.80 Å². The molecule has 1 aliphatic rings. The number of hydrogen-bond acceptors (Lipinski definition) is 8. The van der Waals surface area contributed by atoms with Gasteiger partial charge in [-0.2, -0.15) is 0 Å². The van der Waals surface area contributed by atoms with Crippen molar-refractivity contribution in [2.24, 2.45) is 5.73 Å². The maximum Gasteiger partial charge on any atom is 0.311 e. The van der Waals surface area contributed by atoms with Crippen LogP contribution in [0.4, 0.5) is 10.1 Å². The van der Waals surface area contributed by atoms with Gasteiger partial charge in [-0.05, 0) is 43.7 Å². The third-order valence-electron chi connectivity index (χ3n) is 5.84. The van der Waals surface area contributed by atoms with E-state index in [4.69, 9.17) is 21.8 Å². The average Bonchev–Trinajstić information content (AvgIpc) is 3.29. The third kappa shape index (κ3) is 4.84. The maximum absolute atomic E-state index is 15.2. The first-order valence-electron chi connectivity index (χ1n) is 10.9. The number of fused-ring (bicyclic) bond motifs is 1. The Kier molecular flexibility index (Phi) is 6.86. The number of anilines is 1. The van der Waals surface area contributed by atoms with E-state index in [9.17, 15) is 18.0 Å². The normalized spacial score (nSPS) is 17.1. The second-order valence-corrected chi connectivity index (χ2v) is 11.1. The number of rotatable bonds is 5. The third-order valence-corrected chi connectivity index (χ3v) is 7.89. The molecule has 0 fully saturated rings. The van der Waals surface area contributed by atoms with E-state index < -0.39 is 44.2 Å². The standard InChI is InChI=1S/C23H23ClFN5O5S/c1-12(2)29(3)23(32)21-28-27-20(35-21)15-8-18-19(9-16(15)25)36(33,34)11-17(26)22(31)30(18)10-13-4-6-14(24)7-5-13/h4-9,12,17H,10-11,26H2,1-3H3/t17-/m0/s1. The molecule has 1 aromatic heterocycles. The molecule has 0 unspecified atom stereocenters. The lowest BCUT2D eigenvalue weighted by atomic mass is 10.1. The van der Waals surface area contributed by atoms with Crippen molar-refractivity contribution >= 4 is 38.9 Å². The van der Waals surface area contributed by atoms with Gasteiger partial charge in [0.1, 0.15) is 5.82 Å². The molecule has 0 spiro atoms. The number of hydrogen-bond donors (Lipinski definition) is 1. The Morgan fingerprint density at radius 3 is 2.58 bits per heavy atom. The van der Waals surface area contributed by atoms with Crippen molar-refractivity contribution < 1.29 is 26.8 Å². The van der Waals surface area contributed by atoms with Crippen LogP contribution in [-0.4, -0.2) is 60.2 Å². The number of carbonyl (C=O) groups is 2. The van der Waals surface area contributed by atoms with Crippen LogP contribution in [0.2, 0.25) is 5.02 Å². The second kappa shape index (κ2) is 9.60. The molecule has 190 valence electrons. The summed E-state index contributed by atoms with van der Waals surface area (Å²) in [7, 11) is -2.57. The van der Waals surface area contributed by atoms with Crippen LogP contribution in [0.25, 0.3) is 11.5 Å². The zero-order chi connectivity index (χ0) is 26.4. The average molecular weight is 536 g/mol. The van der Waals surface area contributed by atoms with Crippen LogP contribution >= 0.6 is 11.6 Å². The smallest absolute Gasteiger partial charge is 0.311 e. The lowest BCUT2D eigenvalue weighted by Gasteiger charge is -2.24. The summed E-state index contributed by atoms with van der Waals surface area (Å²) in [5.41, 5.74) is 6.18. The fourth-order valence-corrected chi connectivity index (χ4v) is 5.31. The van der Waals surface area contributed by atoms with Gasteiger partial charge in [-0.15, -0.1) is 10.2 Å². The maximum atomic E-state index is 15.2. The summed E-state index contributed by atoms with van der Waals surface area (Å²) in [5.74, 6) is -3.60. The molecule has 2 heterocycles. The molecule has 2 N–H and O–H groups in total. The van der Waals surface area contributed by atoms with Crippen molar-refractivity contribution in [3.8, 4) is 11.5 Å². The van der Waals surface area contributed by atoms with Crippen LogP contribution in [0, 0.1) is 5.82 Å². The molecule has 2 amide bonds. The fourth-order valence-electron chi connectivity index (χ4n) is 3.62. The van der Waals surface area contributed by atoms with Crippen molar-refractivity contribution in [2.75, 3.05) is 17.7 Å². The number of aromatic nitrogens is 2. The predicted molar refractivity (Wildman–Crippen MR) is 130 cm³/mol. The van der Waals surface area contributed by atoms with E-state index in [0.717, 1.165) is 12.1 Å². The number of nitrogens with two attached hydrogens (primary N) is 1. The van der Waals surface area contributed by atoms with E-state index in [1.54, 1.807) is 45.2 Å². The SMILES string of the molecule is CC(C)N(C)C(=O)c1nnc(-c2cc3c(cc2F)S(=O)(=O)C[C@H](N)C(=O)N3Cc2ccc(Cl)cc2)o1. The van der Waals surface area contributed by atoms with Gasteiger partial charge in [-0.1, -0.05) is 23.7 Å². The Balaban J connectivity index is 1.84. The number of nitrogens with zero attached hydrogens (tertiary/aromatic N) is 4. The Bertz CT molecular complexity index is 1440. The van der Waals surface area contributed by atoms with Crippen LogP contribution in [0.3, 0.4) is 0 Å². The molecule has 0 bridgehead atoms. The van der Waals surface area contributed by atoms with E-state index >= 15 is 4.39 Å². The molecule has 0 saturated carbocycles. The minimum absolute atomic E-state index is 0.0515. The summed E-state index contributed by atoms with van der Waals surface area (Å²) in [6, 6.07) is 7.01.